The number of nitrogens with zero attached hydrogens (tertiary/aromatic N) is 2. The number of aryl methyl sites for hydroxylation is 1. The van der Waals surface area contributed by atoms with Crippen LogP contribution in [-0.2, 0) is 0 Å². The molecular formula is C28H25N3O. The van der Waals surface area contributed by atoms with Crippen LogP contribution in [0.15, 0.2) is 115 Å². The standard InChI is InChI=1S/C28H25N3O/c1-4-10-22(5-2)30-28-18-27(32)24-19-29-25(21-15-13-20(3)14-16-21)17-26(24)31(28)23-11-8-6-7-9-12-23/h4-8,10-19,30H,1-2,9H2,3H3/b22-10+. The van der Waals surface area contributed by atoms with E-state index in [0.717, 1.165) is 34.6 Å². The Labute approximate surface area is 187 Å². The fourth-order valence-electron chi connectivity index (χ4n) is 3.64. The van der Waals surface area contributed by atoms with Gasteiger partial charge in [0, 0.05) is 29.2 Å². The van der Waals surface area contributed by atoms with Gasteiger partial charge < -0.3 is 5.32 Å². The molecule has 0 fully saturated rings. The zero-order valence-corrected chi connectivity index (χ0v) is 18.1. The predicted molar refractivity (Wildman–Crippen MR) is 135 cm³/mol. The topological polar surface area (TPSA) is 46.9 Å². The summed E-state index contributed by atoms with van der Waals surface area (Å²) in [6.45, 7) is 9.68. The van der Waals surface area contributed by atoms with Crippen molar-refractivity contribution in [1.82, 2.24) is 9.55 Å². The van der Waals surface area contributed by atoms with Gasteiger partial charge in [-0.2, -0.15) is 0 Å². The quantitative estimate of drug-likeness (QED) is 0.471. The van der Waals surface area contributed by atoms with Crippen molar-refractivity contribution in [2.45, 2.75) is 13.3 Å². The molecule has 32 heavy (non-hydrogen) atoms. The van der Waals surface area contributed by atoms with Gasteiger partial charge in [0.05, 0.1) is 16.6 Å². The average Bonchev–Trinajstić information content (AvgIpc) is 3.08. The minimum atomic E-state index is -0.0972. The first-order valence-corrected chi connectivity index (χ1v) is 10.5. The van der Waals surface area contributed by atoms with E-state index in [4.69, 9.17) is 0 Å². The maximum Gasteiger partial charge on any atom is 0.193 e. The zero-order chi connectivity index (χ0) is 22.5. The number of rotatable bonds is 6. The molecular weight excluding hydrogens is 394 g/mol. The second-order valence-electron chi connectivity index (χ2n) is 7.52. The van der Waals surface area contributed by atoms with E-state index in [0.29, 0.717) is 11.2 Å². The van der Waals surface area contributed by atoms with E-state index in [2.05, 4.69) is 59.2 Å². The number of aromatic nitrogens is 2. The van der Waals surface area contributed by atoms with Crippen molar-refractivity contribution in [2.24, 2.45) is 0 Å². The van der Waals surface area contributed by atoms with Crippen LogP contribution in [0.1, 0.15) is 12.0 Å². The molecule has 3 aromatic rings. The Morgan fingerprint density at radius 2 is 1.97 bits per heavy atom. The Morgan fingerprint density at radius 1 is 1.16 bits per heavy atom. The SMILES string of the molecule is C=C/C=C(\C=C)Nc1cc(=O)c2cnc(-c3ccc(C)cc3)cc2n1C1=CCC=CC=C1. The lowest BCUT2D eigenvalue weighted by Gasteiger charge is -2.20. The first kappa shape index (κ1) is 21.1. The van der Waals surface area contributed by atoms with E-state index in [1.54, 1.807) is 24.4 Å². The Balaban J connectivity index is 2.00. The fraction of sp³-hybridized carbons (Fsp3) is 0.0714. The van der Waals surface area contributed by atoms with Crippen molar-refractivity contribution in [3.63, 3.8) is 0 Å². The largest absolute Gasteiger partial charge is 0.341 e. The van der Waals surface area contributed by atoms with Crippen LogP contribution in [0.4, 0.5) is 5.82 Å². The molecule has 0 radical (unpaired) electrons. The van der Waals surface area contributed by atoms with Gasteiger partial charge in [-0.1, -0.05) is 73.4 Å². The summed E-state index contributed by atoms with van der Waals surface area (Å²) in [6.07, 6.45) is 17.9. The molecule has 1 aliphatic carbocycles. The second kappa shape index (κ2) is 9.31. The third-order valence-corrected chi connectivity index (χ3v) is 5.27. The number of allylic oxidation sites excluding steroid dienone is 9. The van der Waals surface area contributed by atoms with Crippen LogP contribution < -0.4 is 10.7 Å². The molecule has 0 bridgehead atoms. The highest BCUT2D eigenvalue weighted by atomic mass is 16.1. The third kappa shape index (κ3) is 4.30. The molecule has 2 heterocycles. The van der Waals surface area contributed by atoms with Crippen molar-refractivity contribution < 1.29 is 0 Å². The molecule has 1 aliphatic rings. The molecule has 158 valence electrons. The van der Waals surface area contributed by atoms with Crippen LogP contribution in [0.3, 0.4) is 0 Å². The summed E-state index contributed by atoms with van der Waals surface area (Å²) in [5, 5.41) is 3.90. The summed E-state index contributed by atoms with van der Waals surface area (Å²) in [4.78, 5) is 17.6. The number of pyridine rings is 2. The van der Waals surface area contributed by atoms with Crippen LogP contribution in [0.2, 0.25) is 0 Å². The second-order valence-corrected chi connectivity index (χ2v) is 7.52. The lowest BCUT2D eigenvalue weighted by molar-refractivity contribution is 1.12. The maximum absolute atomic E-state index is 13.0. The summed E-state index contributed by atoms with van der Waals surface area (Å²) in [5.74, 6) is 0.648. The van der Waals surface area contributed by atoms with Crippen molar-refractivity contribution in [1.29, 1.82) is 0 Å². The van der Waals surface area contributed by atoms with Crippen LogP contribution in [0, 0.1) is 6.92 Å². The van der Waals surface area contributed by atoms with E-state index in [1.165, 1.54) is 5.56 Å². The zero-order valence-electron chi connectivity index (χ0n) is 18.1. The summed E-state index contributed by atoms with van der Waals surface area (Å²) in [6, 6.07) is 11.8. The highest BCUT2D eigenvalue weighted by Gasteiger charge is 2.14. The van der Waals surface area contributed by atoms with Gasteiger partial charge in [0.2, 0.25) is 0 Å². The Hall–Kier alpha value is -4.18. The van der Waals surface area contributed by atoms with Gasteiger partial charge in [-0.25, -0.2) is 0 Å². The smallest absolute Gasteiger partial charge is 0.193 e. The Kier molecular flexibility index (Phi) is 6.13. The number of hydrogen-bond acceptors (Lipinski definition) is 3. The normalized spacial score (nSPS) is 13.5. The maximum atomic E-state index is 13.0. The van der Waals surface area contributed by atoms with Gasteiger partial charge in [0.25, 0.3) is 0 Å². The van der Waals surface area contributed by atoms with Crippen molar-refractivity contribution >= 4 is 22.4 Å². The Morgan fingerprint density at radius 3 is 2.72 bits per heavy atom. The summed E-state index contributed by atoms with van der Waals surface area (Å²) in [7, 11) is 0. The van der Waals surface area contributed by atoms with E-state index >= 15 is 0 Å². The lowest BCUT2D eigenvalue weighted by Crippen LogP contribution is -2.14. The molecule has 4 heteroatoms. The van der Waals surface area contributed by atoms with Gasteiger partial charge >= 0.3 is 0 Å². The van der Waals surface area contributed by atoms with E-state index < -0.39 is 0 Å². The fourth-order valence-corrected chi connectivity index (χ4v) is 3.64. The Bertz CT molecular complexity index is 1370. The first-order chi connectivity index (χ1) is 15.6. The first-order valence-electron chi connectivity index (χ1n) is 10.5. The molecule has 0 atom stereocenters. The van der Waals surface area contributed by atoms with Gasteiger partial charge in [-0.3, -0.25) is 14.3 Å². The number of hydrogen-bond donors (Lipinski definition) is 1. The predicted octanol–water partition coefficient (Wildman–Crippen LogP) is 6.40. The molecule has 2 aromatic heterocycles. The van der Waals surface area contributed by atoms with Crippen LogP contribution in [0.5, 0.6) is 0 Å². The van der Waals surface area contributed by atoms with Crippen LogP contribution in [-0.4, -0.2) is 9.55 Å². The average molecular weight is 420 g/mol. The third-order valence-electron chi connectivity index (χ3n) is 5.27. The number of benzene rings is 1. The van der Waals surface area contributed by atoms with Gasteiger partial charge in [-0.05, 0) is 37.6 Å². The molecule has 1 aromatic carbocycles. The minimum Gasteiger partial charge on any atom is -0.341 e. The van der Waals surface area contributed by atoms with Gasteiger partial charge in [-0.15, -0.1) is 0 Å². The van der Waals surface area contributed by atoms with Crippen molar-refractivity contribution in [2.75, 3.05) is 5.32 Å². The molecule has 4 nitrogen and oxygen atoms in total. The summed E-state index contributed by atoms with van der Waals surface area (Å²) in [5.41, 5.74) is 5.39. The highest BCUT2D eigenvalue weighted by molar-refractivity contribution is 5.88. The molecule has 0 saturated heterocycles. The molecule has 0 amide bonds. The highest BCUT2D eigenvalue weighted by Crippen LogP contribution is 2.28. The molecule has 4 rings (SSSR count). The van der Waals surface area contributed by atoms with E-state index in [-0.39, 0.29) is 5.43 Å². The molecule has 0 saturated carbocycles. The van der Waals surface area contributed by atoms with E-state index in [9.17, 15) is 4.79 Å². The van der Waals surface area contributed by atoms with Gasteiger partial charge in [0.15, 0.2) is 5.43 Å². The number of anilines is 1. The molecule has 0 spiro atoms. The van der Waals surface area contributed by atoms with Crippen LogP contribution >= 0.6 is 0 Å². The monoisotopic (exact) mass is 419 g/mol. The number of fused-ring (bicyclic) bond motifs is 1. The summed E-state index contributed by atoms with van der Waals surface area (Å²) >= 11 is 0. The van der Waals surface area contributed by atoms with E-state index in [1.807, 2.05) is 42.5 Å². The van der Waals surface area contributed by atoms with Crippen molar-refractivity contribution in [3.8, 4) is 11.3 Å². The molecule has 0 aliphatic heterocycles. The lowest BCUT2D eigenvalue weighted by atomic mass is 10.1. The van der Waals surface area contributed by atoms with Crippen LogP contribution in [0.25, 0.3) is 27.9 Å². The number of nitrogens with one attached hydrogen (secondary N) is 1. The van der Waals surface area contributed by atoms with Gasteiger partial charge in [0.1, 0.15) is 5.82 Å². The molecule has 0 unspecified atom stereocenters. The van der Waals surface area contributed by atoms with Crippen molar-refractivity contribution in [3.05, 3.63) is 126 Å². The summed E-state index contributed by atoms with van der Waals surface area (Å²) < 4.78 is 2.06. The minimum absolute atomic E-state index is 0.0972. The molecule has 1 N–H and O–H groups in total.